The van der Waals surface area contributed by atoms with Crippen molar-refractivity contribution in [3.8, 4) is 0 Å². The number of hydrogen-bond donors (Lipinski definition) is 2. The Kier molecular flexibility index (Phi) is 5.51. The van der Waals surface area contributed by atoms with Gasteiger partial charge in [0.15, 0.2) is 0 Å². The minimum atomic E-state index is -3.30. The van der Waals surface area contributed by atoms with Gasteiger partial charge in [0.1, 0.15) is 0 Å². The van der Waals surface area contributed by atoms with Gasteiger partial charge in [0.2, 0.25) is 10.0 Å². The molecule has 0 atom stereocenters. The summed E-state index contributed by atoms with van der Waals surface area (Å²) in [6.07, 6.45) is 2.79. The molecule has 0 aliphatic carbocycles. The predicted octanol–water partition coefficient (Wildman–Crippen LogP) is 0.456. The van der Waals surface area contributed by atoms with Crippen molar-refractivity contribution in [1.82, 2.24) is 9.62 Å². The van der Waals surface area contributed by atoms with Crippen molar-refractivity contribution in [2.45, 2.75) is 38.1 Å². The molecule has 1 rings (SSSR count). The molecule has 0 amide bonds. The molecule has 18 heavy (non-hydrogen) atoms. The molecular formula is C11H23N3O2S2. The Morgan fingerprint density at radius 1 is 1.44 bits per heavy atom. The zero-order chi connectivity index (χ0) is 13.8. The fourth-order valence-electron chi connectivity index (χ4n) is 2.08. The van der Waals surface area contributed by atoms with Gasteiger partial charge in [-0.15, -0.1) is 0 Å². The first-order valence-electron chi connectivity index (χ1n) is 6.31. The first-order valence-corrected chi connectivity index (χ1v) is 8.37. The Morgan fingerprint density at radius 2 is 2.00 bits per heavy atom. The minimum absolute atomic E-state index is 0.143. The van der Waals surface area contributed by atoms with Crippen molar-refractivity contribution in [2.75, 3.05) is 25.9 Å². The van der Waals surface area contributed by atoms with Gasteiger partial charge in [0.25, 0.3) is 0 Å². The highest BCUT2D eigenvalue weighted by Crippen LogP contribution is 2.23. The van der Waals surface area contributed by atoms with E-state index in [-0.39, 0.29) is 10.7 Å². The topological polar surface area (TPSA) is 75.4 Å². The lowest BCUT2D eigenvalue weighted by atomic mass is 9.89. The van der Waals surface area contributed by atoms with E-state index in [4.69, 9.17) is 18.0 Å². The second-order valence-corrected chi connectivity index (χ2v) is 7.31. The van der Waals surface area contributed by atoms with Crippen molar-refractivity contribution in [3.05, 3.63) is 0 Å². The molecule has 1 fully saturated rings. The summed E-state index contributed by atoms with van der Waals surface area (Å²) in [5.74, 6) is 0.143. The number of unbranched alkanes of at least 4 members (excludes halogenated alkanes) is 1. The average molecular weight is 293 g/mol. The quantitative estimate of drug-likeness (QED) is 0.696. The lowest BCUT2D eigenvalue weighted by Crippen LogP contribution is -2.61. The smallest absolute Gasteiger partial charge is 0.212 e. The van der Waals surface area contributed by atoms with Crippen LogP contribution >= 0.6 is 12.2 Å². The van der Waals surface area contributed by atoms with Crippen molar-refractivity contribution in [1.29, 1.82) is 0 Å². The molecule has 0 unspecified atom stereocenters. The lowest BCUT2D eigenvalue weighted by molar-refractivity contribution is 0.220. The maximum atomic E-state index is 12.0. The zero-order valence-corrected chi connectivity index (χ0v) is 12.7. The maximum Gasteiger partial charge on any atom is 0.212 e. The average Bonchev–Trinajstić information content (AvgIpc) is 2.29. The lowest BCUT2D eigenvalue weighted by Gasteiger charge is -2.40. The van der Waals surface area contributed by atoms with Crippen LogP contribution in [0.1, 0.15) is 32.6 Å². The monoisotopic (exact) mass is 293 g/mol. The van der Waals surface area contributed by atoms with Crippen molar-refractivity contribution >= 4 is 27.2 Å². The molecule has 7 heteroatoms. The molecule has 1 saturated heterocycles. The van der Waals surface area contributed by atoms with Gasteiger partial charge in [-0.2, -0.15) is 0 Å². The van der Waals surface area contributed by atoms with Gasteiger partial charge in [-0.25, -0.2) is 13.1 Å². The summed E-state index contributed by atoms with van der Waals surface area (Å²) in [6.45, 7) is 3.57. The van der Waals surface area contributed by atoms with Crippen LogP contribution < -0.4 is 10.5 Å². The number of sulfonamides is 1. The van der Waals surface area contributed by atoms with Gasteiger partial charge in [-0.3, -0.25) is 0 Å². The number of nitrogens with one attached hydrogen (secondary N) is 1. The van der Waals surface area contributed by atoms with Crippen LogP contribution in [-0.2, 0) is 10.0 Å². The number of nitrogens with two attached hydrogens (primary N) is 1. The summed E-state index contributed by atoms with van der Waals surface area (Å²) < 4.78 is 26.8. The van der Waals surface area contributed by atoms with E-state index in [0.29, 0.717) is 19.3 Å². The third-order valence-corrected chi connectivity index (χ3v) is 5.35. The highest BCUT2D eigenvalue weighted by Gasteiger charge is 2.39. The Labute approximate surface area is 115 Å². The number of piperidine rings is 1. The Balaban J connectivity index is 2.78. The van der Waals surface area contributed by atoms with Crippen LogP contribution in [0.25, 0.3) is 0 Å². The normalized spacial score (nSPS) is 20.8. The van der Waals surface area contributed by atoms with E-state index in [0.717, 1.165) is 19.5 Å². The second kappa shape index (κ2) is 6.27. The fourth-order valence-corrected chi connectivity index (χ4v) is 4.08. The molecule has 0 aromatic rings. The highest BCUT2D eigenvalue weighted by molar-refractivity contribution is 7.89. The van der Waals surface area contributed by atoms with Gasteiger partial charge in [-0.05, 0) is 26.3 Å². The molecule has 1 aliphatic heterocycles. The van der Waals surface area contributed by atoms with Gasteiger partial charge in [0.05, 0.1) is 16.3 Å². The van der Waals surface area contributed by atoms with Crippen LogP contribution in [0.15, 0.2) is 0 Å². The summed E-state index contributed by atoms with van der Waals surface area (Å²) in [6, 6.07) is 0. The van der Waals surface area contributed by atoms with Crippen LogP contribution in [0.2, 0.25) is 0 Å². The Hall–Kier alpha value is -0.240. The summed E-state index contributed by atoms with van der Waals surface area (Å²) >= 11 is 5.08. The summed E-state index contributed by atoms with van der Waals surface area (Å²) in [5.41, 5.74) is 5.04. The first-order chi connectivity index (χ1) is 8.31. The third kappa shape index (κ3) is 4.15. The predicted molar refractivity (Wildman–Crippen MR) is 78.1 cm³/mol. The van der Waals surface area contributed by atoms with Gasteiger partial charge in [0, 0.05) is 13.1 Å². The van der Waals surface area contributed by atoms with Crippen molar-refractivity contribution in [2.24, 2.45) is 5.73 Å². The first kappa shape index (κ1) is 15.8. The summed E-state index contributed by atoms with van der Waals surface area (Å²) in [7, 11) is -1.29. The largest absolute Gasteiger partial charge is 0.392 e. The van der Waals surface area contributed by atoms with Crippen LogP contribution in [0.4, 0.5) is 0 Å². The SMILES string of the molecule is CCCCS(=O)(=O)NC1(C(N)=S)CCN(C)CC1. The minimum Gasteiger partial charge on any atom is -0.392 e. The molecular weight excluding hydrogens is 270 g/mol. The Morgan fingerprint density at radius 3 is 2.44 bits per heavy atom. The van der Waals surface area contributed by atoms with Crippen LogP contribution in [0.3, 0.4) is 0 Å². The van der Waals surface area contributed by atoms with Crippen LogP contribution in [0, 0.1) is 0 Å². The summed E-state index contributed by atoms with van der Waals surface area (Å²) in [4.78, 5) is 2.41. The van der Waals surface area contributed by atoms with Crippen molar-refractivity contribution in [3.63, 3.8) is 0 Å². The van der Waals surface area contributed by atoms with E-state index in [9.17, 15) is 8.42 Å². The van der Waals surface area contributed by atoms with E-state index in [1.807, 2.05) is 14.0 Å². The number of nitrogens with zero attached hydrogens (tertiary/aromatic N) is 1. The molecule has 0 aromatic carbocycles. The molecule has 106 valence electrons. The molecule has 3 N–H and O–H groups in total. The highest BCUT2D eigenvalue weighted by atomic mass is 32.2. The summed E-state index contributed by atoms with van der Waals surface area (Å²) in [5, 5.41) is 0. The number of hydrogen-bond acceptors (Lipinski definition) is 4. The van der Waals surface area contributed by atoms with Gasteiger partial charge in [-0.1, -0.05) is 25.6 Å². The maximum absolute atomic E-state index is 12.0. The van der Waals surface area contributed by atoms with Gasteiger partial charge < -0.3 is 10.6 Å². The molecule has 1 heterocycles. The standard InChI is InChI=1S/C11H23N3O2S2/c1-3-4-9-18(15,16)13-11(10(12)17)5-7-14(2)8-6-11/h13H,3-9H2,1-2H3,(H2,12,17). The number of likely N-dealkylation sites (tertiary alicyclic amines) is 1. The Bertz CT molecular complexity index is 387. The molecule has 0 spiro atoms. The molecule has 0 bridgehead atoms. The van der Waals surface area contributed by atoms with E-state index < -0.39 is 15.6 Å². The van der Waals surface area contributed by atoms with Crippen LogP contribution in [0.5, 0.6) is 0 Å². The zero-order valence-electron chi connectivity index (χ0n) is 11.1. The fraction of sp³-hybridized carbons (Fsp3) is 0.909. The molecule has 0 aromatic heterocycles. The van der Waals surface area contributed by atoms with Crippen molar-refractivity contribution < 1.29 is 8.42 Å². The molecule has 1 aliphatic rings. The molecule has 0 radical (unpaired) electrons. The van der Waals surface area contributed by atoms with E-state index >= 15 is 0 Å². The number of thiocarbonyl (C=S) groups is 1. The van der Waals surface area contributed by atoms with Gasteiger partial charge >= 0.3 is 0 Å². The second-order valence-electron chi connectivity index (χ2n) is 5.02. The molecule has 5 nitrogen and oxygen atoms in total. The van der Waals surface area contributed by atoms with E-state index in [1.54, 1.807) is 0 Å². The van der Waals surface area contributed by atoms with E-state index in [2.05, 4.69) is 9.62 Å². The molecule has 0 saturated carbocycles. The van der Waals surface area contributed by atoms with Crippen LogP contribution in [-0.4, -0.2) is 49.7 Å². The third-order valence-electron chi connectivity index (χ3n) is 3.43. The van der Waals surface area contributed by atoms with E-state index in [1.165, 1.54) is 0 Å². The number of rotatable bonds is 6.